The fraction of sp³-hybridized carbons (Fsp3) is 0.400. The minimum absolute atomic E-state index is 0.284. The summed E-state index contributed by atoms with van der Waals surface area (Å²) in [6.07, 6.45) is 1.55. The van der Waals surface area contributed by atoms with Gasteiger partial charge in [-0.3, -0.25) is 0 Å². The predicted molar refractivity (Wildman–Crippen MR) is 46.3 cm³/mol. The molecule has 0 bridgehead atoms. The molecule has 1 aromatic carbocycles. The van der Waals surface area contributed by atoms with E-state index in [0.29, 0.717) is 12.0 Å². The Kier molecular flexibility index (Phi) is 1.68. The minimum Gasteiger partial charge on any atom is -0.508 e. The molecule has 1 aromatic rings. The molecule has 12 heavy (non-hydrogen) atoms. The molecular formula is C10H12O2. The number of benzene rings is 1. The first-order valence-corrected chi connectivity index (χ1v) is 4.21. The summed E-state index contributed by atoms with van der Waals surface area (Å²) >= 11 is 0. The van der Waals surface area contributed by atoms with Crippen molar-refractivity contribution in [2.75, 3.05) is 0 Å². The van der Waals surface area contributed by atoms with Crippen molar-refractivity contribution in [3.05, 3.63) is 24.3 Å². The molecule has 64 valence electrons. The smallest absolute Gasteiger partial charge is 0.120 e. The lowest BCUT2D eigenvalue weighted by Gasteiger charge is -2.03. The SMILES string of the molecule is C[C@H]1CC1Oc1ccc(O)cc1. The van der Waals surface area contributed by atoms with E-state index in [1.165, 1.54) is 0 Å². The molecule has 1 unspecified atom stereocenters. The van der Waals surface area contributed by atoms with Crippen molar-refractivity contribution >= 4 is 0 Å². The molecule has 2 rings (SSSR count). The van der Waals surface area contributed by atoms with Crippen LogP contribution in [0.2, 0.25) is 0 Å². The average Bonchev–Trinajstić information content (AvgIpc) is 2.72. The van der Waals surface area contributed by atoms with E-state index in [-0.39, 0.29) is 5.75 Å². The Balaban J connectivity index is 2.00. The Bertz CT molecular complexity index is 266. The van der Waals surface area contributed by atoms with Gasteiger partial charge in [-0.15, -0.1) is 0 Å². The predicted octanol–water partition coefficient (Wildman–Crippen LogP) is 2.18. The van der Waals surface area contributed by atoms with Gasteiger partial charge < -0.3 is 9.84 Å². The molecule has 0 aromatic heterocycles. The maximum Gasteiger partial charge on any atom is 0.120 e. The molecule has 2 nitrogen and oxygen atoms in total. The summed E-state index contributed by atoms with van der Waals surface area (Å²) in [6, 6.07) is 6.87. The summed E-state index contributed by atoms with van der Waals surface area (Å²) in [4.78, 5) is 0. The summed E-state index contributed by atoms with van der Waals surface area (Å²) in [7, 11) is 0. The number of hydrogen-bond donors (Lipinski definition) is 1. The lowest BCUT2D eigenvalue weighted by Crippen LogP contribution is -1.97. The van der Waals surface area contributed by atoms with Crippen LogP contribution in [0.4, 0.5) is 0 Å². The van der Waals surface area contributed by atoms with Gasteiger partial charge in [-0.25, -0.2) is 0 Å². The van der Waals surface area contributed by atoms with E-state index in [9.17, 15) is 0 Å². The van der Waals surface area contributed by atoms with E-state index in [4.69, 9.17) is 9.84 Å². The maximum absolute atomic E-state index is 9.00. The number of phenols is 1. The van der Waals surface area contributed by atoms with Crippen LogP contribution in [0.5, 0.6) is 11.5 Å². The van der Waals surface area contributed by atoms with Gasteiger partial charge in [0.1, 0.15) is 17.6 Å². The molecule has 0 spiro atoms. The number of phenolic OH excluding ortho intramolecular Hbond substituents is 1. The highest BCUT2D eigenvalue weighted by molar-refractivity contribution is 5.30. The zero-order valence-corrected chi connectivity index (χ0v) is 7.03. The van der Waals surface area contributed by atoms with Gasteiger partial charge in [0.15, 0.2) is 0 Å². The second-order valence-electron chi connectivity index (χ2n) is 3.36. The third kappa shape index (κ3) is 1.52. The fourth-order valence-corrected chi connectivity index (χ4v) is 1.15. The Labute approximate surface area is 71.8 Å². The summed E-state index contributed by atoms with van der Waals surface area (Å²) in [5, 5.41) is 9.00. The molecule has 1 aliphatic rings. The first-order chi connectivity index (χ1) is 5.75. The molecule has 2 heteroatoms. The van der Waals surface area contributed by atoms with Crippen LogP contribution in [0.25, 0.3) is 0 Å². The molecule has 0 aliphatic heterocycles. The van der Waals surface area contributed by atoms with Gasteiger partial charge in [0.2, 0.25) is 0 Å². The average molecular weight is 164 g/mol. The van der Waals surface area contributed by atoms with Gasteiger partial charge in [0.05, 0.1) is 0 Å². The topological polar surface area (TPSA) is 29.5 Å². The maximum atomic E-state index is 9.00. The Hall–Kier alpha value is -1.18. The van der Waals surface area contributed by atoms with Gasteiger partial charge in [-0.2, -0.15) is 0 Å². The molecule has 1 saturated carbocycles. The molecule has 0 amide bonds. The van der Waals surface area contributed by atoms with Crippen LogP contribution in [0.15, 0.2) is 24.3 Å². The Morgan fingerprint density at radius 2 is 1.92 bits per heavy atom. The third-order valence-electron chi connectivity index (χ3n) is 2.16. The van der Waals surface area contributed by atoms with Gasteiger partial charge >= 0.3 is 0 Å². The van der Waals surface area contributed by atoms with Crippen LogP contribution in [-0.2, 0) is 0 Å². The lowest BCUT2D eigenvalue weighted by atomic mass is 10.3. The summed E-state index contributed by atoms with van der Waals surface area (Å²) in [5.74, 6) is 1.83. The van der Waals surface area contributed by atoms with Crippen LogP contribution in [0.1, 0.15) is 13.3 Å². The van der Waals surface area contributed by atoms with Crippen molar-refractivity contribution in [1.29, 1.82) is 0 Å². The van der Waals surface area contributed by atoms with Crippen molar-refractivity contribution in [3.8, 4) is 11.5 Å². The highest BCUT2D eigenvalue weighted by Gasteiger charge is 2.34. The van der Waals surface area contributed by atoms with Crippen molar-refractivity contribution in [2.24, 2.45) is 5.92 Å². The van der Waals surface area contributed by atoms with Gasteiger partial charge in [-0.1, -0.05) is 6.92 Å². The number of hydrogen-bond acceptors (Lipinski definition) is 2. The summed E-state index contributed by atoms with van der Waals surface area (Å²) in [6.45, 7) is 2.17. The zero-order chi connectivity index (χ0) is 8.55. The molecule has 0 saturated heterocycles. The van der Waals surface area contributed by atoms with Gasteiger partial charge in [0, 0.05) is 0 Å². The Morgan fingerprint density at radius 3 is 2.42 bits per heavy atom. The van der Waals surface area contributed by atoms with E-state index in [2.05, 4.69) is 6.92 Å². The van der Waals surface area contributed by atoms with E-state index in [1.807, 2.05) is 0 Å². The first-order valence-electron chi connectivity index (χ1n) is 4.21. The van der Waals surface area contributed by atoms with E-state index < -0.39 is 0 Å². The van der Waals surface area contributed by atoms with Crippen LogP contribution >= 0.6 is 0 Å². The summed E-state index contributed by atoms with van der Waals surface area (Å²) < 4.78 is 5.58. The largest absolute Gasteiger partial charge is 0.508 e. The minimum atomic E-state index is 0.284. The molecule has 1 N–H and O–H groups in total. The van der Waals surface area contributed by atoms with E-state index in [0.717, 1.165) is 12.2 Å². The molecule has 0 radical (unpaired) electrons. The highest BCUT2D eigenvalue weighted by atomic mass is 16.5. The standard InChI is InChI=1S/C10H12O2/c1-7-6-10(7)12-9-4-2-8(11)3-5-9/h2-5,7,10-11H,6H2,1H3/t7-,10?/m0/s1. The van der Waals surface area contributed by atoms with E-state index >= 15 is 0 Å². The monoisotopic (exact) mass is 164 g/mol. The number of ether oxygens (including phenoxy) is 1. The molecular weight excluding hydrogens is 152 g/mol. The second kappa shape index (κ2) is 2.70. The normalized spacial score (nSPS) is 26.8. The Morgan fingerprint density at radius 1 is 1.33 bits per heavy atom. The van der Waals surface area contributed by atoms with Crippen LogP contribution in [0.3, 0.4) is 0 Å². The molecule has 1 aliphatic carbocycles. The van der Waals surface area contributed by atoms with Crippen LogP contribution in [-0.4, -0.2) is 11.2 Å². The second-order valence-corrected chi connectivity index (χ2v) is 3.36. The van der Waals surface area contributed by atoms with Crippen molar-refractivity contribution in [2.45, 2.75) is 19.4 Å². The number of rotatable bonds is 2. The van der Waals surface area contributed by atoms with Crippen LogP contribution in [0, 0.1) is 5.92 Å². The van der Waals surface area contributed by atoms with Crippen LogP contribution < -0.4 is 4.74 Å². The van der Waals surface area contributed by atoms with Gasteiger partial charge in [0.25, 0.3) is 0 Å². The number of aromatic hydroxyl groups is 1. The quantitative estimate of drug-likeness (QED) is 0.726. The third-order valence-corrected chi connectivity index (χ3v) is 2.16. The lowest BCUT2D eigenvalue weighted by molar-refractivity contribution is 0.287. The highest BCUT2D eigenvalue weighted by Crippen LogP contribution is 2.34. The first kappa shape index (κ1) is 7.47. The zero-order valence-electron chi connectivity index (χ0n) is 7.03. The van der Waals surface area contributed by atoms with Gasteiger partial charge in [-0.05, 0) is 36.6 Å². The van der Waals surface area contributed by atoms with Crippen molar-refractivity contribution in [1.82, 2.24) is 0 Å². The summed E-state index contributed by atoms with van der Waals surface area (Å²) in [5.41, 5.74) is 0. The van der Waals surface area contributed by atoms with Crippen molar-refractivity contribution < 1.29 is 9.84 Å². The fourth-order valence-electron chi connectivity index (χ4n) is 1.15. The van der Waals surface area contributed by atoms with Crippen molar-refractivity contribution in [3.63, 3.8) is 0 Å². The molecule has 2 atom stereocenters. The van der Waals surface area contributed by atoms with E-state index in [1.54, 1.807) is 24.3 Å². The molecule has 0 heterocycles. The molecule has 1 fully saturated rings.